The van der Waals surface area contributed by atoms with E-state index < -0.39 is 0 Å². The van der Waals surface area contributed by atoms with Crippen molar-refractivity contribution in [3.05, 3.63) is 16.7 Å². The lowest BCUT2D eigenvalue weighted by atomic mass is 10.0. The summed E-state index contributed by atoms with van der Waals surface area (Å²) in [6.07, 6.45) is -0.0423. The van der Waals surface area contributed by atoms with Gasteiger partial charge >= 0.3 is 0 Å². The van der Waals surface area contributed by atoms with Gasteiger partial charge < -0.3 is 10.6 Å². The van der Waals surface area contributed by atoms with Crippen LogP contribution in [0.25, 0.3) is 0 Å². The fourth-order valence-corrected chi connectivity index (χ4v) is 1.46. The van der Waals surface area contributed by atoms with Crippen LogP contribution in [0.3, 0.4) is 0 Å². The molecule has 1 aromatic heterocycles. The van der Waals surface area contributed by atoms with Crippen molar-refractivity contribution >= 4 is 11.6 Å². The van der Waals surface area contributed by atoms with Crippen LogP contribution in [0.1, 0.15) is 16.7 Å². The Bertz CT molecular complexity index is 568. The highest BCUT2D eigenvalue weighted by Gasteiger charge is 2.19. The number of anilines is 2. The molecule has 0 aliphatic heterocycles. The highest BCUT2D eigenvalue weighted by atomic mass is 15.1. The molecular weight excluding hydrogens is 216 g/mol. The molecule has 2 N–H and O–H groups in total. The fraction of sp³-hybridized carbons (Fsp3) is 0.273. The summed E-state index contributed by atoms with van der Waals surface area (Å²) in [5, 5.41) is 26.8. The van der Waals surface area contributed by atoms with Crippen LogP contribution in [0, 0.1) is 34.0 Å². The normalized spacial score (nSPS) is 8.88. The zero-order valence-corrected chi connectivity index (χ0v) is 9.52. The van der Waals surface area contributed by atoms with Gasteiger partial charge in [-0.15, -0.1) is 0 Å². The number of nitrogens with two attached hydrogens (primary N) is 1. The average Bonchev–Trinajstić information content (AvgIpc) is 2.29. The first-order chi connectivity index (χ1) is 8.06. The second-order valence-electron chi connectivity index (χ2n) is 3.50. The van der Waals surface area contributed by atoms with Gasteiger partial charge in [-0.3, -0.25) is 0 Å². The molecule has 0 spiro atoms. The van der Waals surface area contributed by atoms with Crippen LogP contribution in [0.5, 0.6) is 0 Å². The van der Waals surface area contributed by atoms with E-state index in [0.29, 0.717) is 11.4 Å². The Morgan fingerprint density at radius 1 is 1.18 bits per heavy atom. The molecule has 1 heterocycles. The Labute approximate surface area is 99.1 Å². The summed E-state index contributed by atoms with van der Waals surface area (Å²) >= 11 is 0. The SMILES string of the molecule is CN(C)c1nc(N)c(C#N)c(CC#N)c1C#N. The number of nitrogen functional groups attached to an aromatic ring is 1. The summed E-state index contributed by atoms with van der Waals surface area (Å²) in [5.41, 5.74) is 6.32. The monoisotopic (exact) mass is 226 g/mol. The third-order valence-electron chi connectivity index (χ3n) is 2.21. The molecule has 0 atom stereocenters. The topological polar surface area (TPSA) is 114 Å². The van der Waals surface area contributed by atoms with E-state index in [-0.39, 0.29) is 23.4 Å². The molecule has 0 bridgehead atoms. The maximum atomic E-state index is 9.11. The highest BCUT2D eigenvalue weighted by molar-refractivity contribution is 5.68. The molecule has 17 heavy (non-hydrogen) atoms. The quantitative estimate of drug-likeness (QED) is 0.787. The minimum absolute atomic E-state index is 0.0421. The smallest absolute Gasteiger partial charge is 0.148 e. The maximum absolute atomic E-state index is 9.11. The largest absolute Gasteiger partial charge is 0.383 e. The molecule has 1 aromatic rings. The summed E-state index contributed by atoms with van der Waals surface area (Å²) in [5.74, 6) is 0.412. The molecule has 6 heteroatoms. The molecule has 0 aliphatic carbocycles. The van der Waals surface area contributed by atoms with Crippen LogP contribution in [0.2, 0.25) is 0 Å². The van der Waals surface area contributed by atoms with Crippen LogP contribution >= 0.6 is 0 Å². The lowest BCUT2D eigenvalue weighted by Crippen LogP contribution is -2.16. The Morgan fingerprint density at radius 2 is 1.76 bits per heavy atom. The van der Waals surface area contributed by atoms with Crippen LogP contribution < -0.4 is 10.6 Å². The van der Waals surface area contributed by atoms with E-state index >= 15 is 0 Å². The molecule has 1 rings (SSSR count). The second kappa shape index (κ2) is 4.83. The van der Waals surface area contributed by atoms with Crippen molar-refractivity contribution in [1.29, 1.82) is 15.8 Å². The molecule has 0 saturated heterocycles. The summed E-state index contributed by atoms with van der Waals surface area (Å²) in [6, 6.07) is 5.77. The van der Waals surface area contributed by atoms with E-state index in [1.807, 2.05) is 18.2 Å². The lowest BCUT2D eigenvalue weighted by Gasteiger charge is -2.16. The summed E-state index contributed by atoms with van der Waals surface area (Å²) < 4.78 is 0. The number of nitrogens with zero attached hydrogens (tertiary/aromatic N) is 5. The van der Waals surface area contributed by atoms with Gasteiger partial charge in [0.05, 0.1) is 18.1 Å². The van der Waals surface area contributed by atoms with Gasteiger partial charge in [0, 0.05) is 19.7 Å². The number of rotatable bonds is 2. The second-order valence-corrected chi connectivity index (χ2v) is 3.50. The fourth-order valence-electron chi connectivity index (χ4n) is 1.46. The molecule has 0 fully saturated rings. The minimum atomic E-state index is -0.0423. The van der Waals surface area contributed by atoms with Crippen molar-refractivity contribution in [1.82, 2.24) is 4.98 Å². The predicted octanol–water partition coefficient (Wildman–Crippen LogP) is 0.539. The number of hydrogen-bond donors (Lipinski definition) is 1. The number of nitriles is 3. The van der Waals surface area contributed by atoms with Gasteiger partial charge in [0.1, 0.15) is 29.3 Å². The van der Waals surface area contributed by atoms with Crippen LogP contribution in [0.15, 0.2) is 0 Å². The number of pyridine rings is 1. The molecule has 0 radical (unpaired) electrons. The lowest BCUT2D eigenvalue weighted by molar-refractivity contribution is 1.04. The number of aromatic nitrogens is 1. The van der Waals surface area contributed by atoms with Gasteiger partial charge in [-0.25, -0.2) is 4.98 Å². The van der Waals surface area contributed by atoms with Crippen LogP contribution in [-0.2, 0) is 6.42 Å². The third-order valence-corrected chi connectivity index (χ3v) is 2.21. The minimum Gasteiger partial charge on any atom is -0.383 e. The Hall–Kier alpha value is -2.78. The molecule has 0 aromatic carbocycles. The van der Waals surface area contributed by atoms with E-state index in [2.05, 4.69) is 4.98 Å². The number of hydrogen-bond acceptors (Lipinski definition) is 6. The average molecular weight is 226 g/mol. The van der Waals surface area contributed by atoms with Crippen LogP contribution in [-0.4, -0.2) is 19.1 Å². The molecule has 0 saturated carbocycles. The van der Waals surface area contributed by atoms with Gasteiger partial charge in [0.15, 0.2) is 0 Å². The van der Waals surface area contributed by atoms with E-state index in [1.54, 1.807) is 19.0 Å². The first kappa shape index (κ1) is 12.3. The van der Waals surface area contributed by atoms with Crippen molar-refractivity contribution in [3.63, 3.8) is 0 Å². The Morgan fingerprint density at radius 3 is 2.18 bits per heavy atom. The molecule has 6 nitrogen and oxygen atoms in total. The van der Waals surface area contributed by atoms with Crippen LogP contribution in [0.4, 0.5) is 11.6 Å². The van der Waals surface area contributed by atoms with E-state index in [9.17, 15) is 0 Å². The van der Waals surface area contributed by atoms with Crippen molar-refractivity contribution in [2.24, 2.45) is 0 Å². The first-order valence-electron chi connectivity index (χ1n) is 4.73. The Kier molecular flexibility index (Phi) is 3.49. The molecule has 0 aliphatic rings. The van der Waals surface area contributed by atoms with Crippen molar-refractivity contribution < 1.29 is 0 Å². The molecule has 84 valence electrons. The zero-order valence-electron chi connectivity index (χ0n) is 9.52. The van der Waals surface area contributed by atoms with Gasteiger partial charge in [-0.1, -0.05) is 0 Å². The summed E-state index contributed by atoms with van der Waals surface area (Å²) in [4.78, 5) is 5.63. The van der Waals surface area contributed by atoms with Gasteiger partial charge in [-0.2, -0.15) is 15.8 Å². The van der Waals surface area contributed by atoms with Crippen molar-refractivity contribution in [3.8, 4) is 18.2 Å². The van der Waals surface area contributed by atoms with E-state index in [0.717, 1.165) is 0 Å². The third kappa shape index (κ3) is 2.09. The zero-order chi connectivity index (χ0) is 13.0. The predicted molar refractivity (Wildman–Crippen MR) is 61.7 cm³/mol. The van der Waals surface area contributed by atoms with Crippen molar-refractivity contribution in [2.75, 3.05) is 24.7 Å². The summed E-state index contributed by atoms with van der Waals surface area (Å²) in [6.45, 7) is 0. The van der Waals surface area contributed by atoms with Gasteiger partial charge in [0.25, 0.3) is 0 Å². The van der Waals surface area contributed by atoms with E-state index in [4.69, 9.17) is 21.5 Å². The standard InChI is InChI=1S/C11H10N6/c1-17(2)11-9(6-14)7(3-4-12)8(5-13)10(15)16-11/h3H2,1-2H3,(H2,15,16). The Balaban J connectivity index is 3.69. The van der Waals surface area contributed by atoms with Crippen molar-refractivity contribution in [2.45, 2.75) is 6.42 Å². The van der Waals surface area contributed by atoms with E-state index in [1.165, 1.54) is 0 Å². The van der Waals surface area contributed by atoms with Gasteiger partial charge in [-0.05, 0) is 0 Å². The maximum Gasteiger partial charge on any atom is 0.148 e. The first-order valence-corrected chi connectivity index (χ1v) is 4.73. The summed E-state index contributed by atoms with van der Waals surface area (Å²) in [7, 11) is 3.43. The molecular formula is C11H10N6. The molecule has 0 unspecified atom stereocenters. The van der Waals surface area contributed by atoms with Gasteiger partial charge in [0.2, 0.25) is 0 Å². The highest BCUT2D eigenvalue weighted by Crippen LogP contribution is 2.26. The molecule has 0 amide bonds.